The molecular formula is C28H25N5O. The first-order chi connectivity index (χ1) is 16.7. The monoisotopic (exact) mass is 447 g/mol. The maximum absolute atomic E-state index is 13.1. The summed E-state index contributed by atoms with van der Waals surface area (Å²) in [6.45, 7) is 3.76. The summed E-state index contributed by atoms with van der Waals surface area (Å²) in [5, 5.41) is 11.8. The first-order valence-electron chi connectivity index (χ1n) is 11.7. The van der Waals surface area contributed by atoms with Crippen LogP contribution < -0.4 is 5.32 Å². The van der Waals surface area contributed by atoms with Crippen LogP contribution in [0.1, 0.15) is 34.6 Å². The van der Waals surface area contributed by atoms with Gasteiger partial charge in [-0.3, -0.25) is 9.89 Å². The number of likely N-dealkylation sites (tertiary alicyclic amines) is 1. The van der Waals surface area contributed by atoms with Gasteiger partial charge in [0.1, 0.15) is 11.4 Å². The van der Waals surface area contributed by atoms with Crippen molar-refractivity contribution in [1.29, 1.82) is 0 Å². The van der Waals surface area contributed by atoms with E-state index in [0.29, 0.717) is 17.0 Å². The summed E-state index contributed by atoms with van der Waals surface area (Å²) in [5.41, 5.74) is 5.18. The third-order valence-corrected chi connectivity index (χ3v) is 6.90. The smallest absolute Gasteiger partial charge is 0.253 e. The number of nitrogens with one attached hydrogen (secondary N) is 2. The van der Waals surface area contributed by atoms with Crippen molar-refractivity contribution < 1.29 is 4.79 Å². The number of H-pyrrole nitrogens is 1. The van der Waals surface area contributed by atoms with Crippen molar-refractivity contribution in [2.75, 3.05) is 26.2 Å². The van der Waals surface area contributed by atoms with Crippen LogP contribution in [-0.4, -0.2) is 52.2 Å². The van der Waals surface area contributed by atoms with Crippen molar-refractivity contribution in [2.24, 2.45) is 5.41 Å². The summed E-state index contributed by atoms with van der Waals surface area (Å²) in [6.07, 6.45) is 4.13. The summed E-state index contributed by atoms with van der Waals surface area (Å²) in [4.78, 5) is 19.6. The number of carbonyl (C=O) groups is 1. The summed E-state index contributed by atoms with van der Waals surface area (Å²) >= 11 is 0. The van der Waals surface area contributed by atoms with Gasteiger partial charge >= 0.3 is 0 Å². The van der Waals surface area contributed by atoms with Gasteiger partial charge in [-0.05, 0) is 61.1 Å². The van der Waals surface area contributed by atoms with Crippen LogP contribution in [0.2, 0.25) is 0 Å². The number of hydrogen-bond donors (Lipinski definition) is 2. The SMILES string of the molecule is O=C(c1ccc2[nH]nc(C#Cc3ncccc3-c3ccccc3)c2c1)N1CC2(CCCNC2)C1. The highest BCUT2D eigenvalue weighted by molar-refractivity contribution is 5.99. The van der Waals surface area contributed by atoms with Gasteiger partial charge in [0, 0.05) is 47.8 Å². The number of hydrogen-bond acceptors (Lipinski definition) is 4. The molecular weight excluding hydrogens is 422 g/mol. The minimum Gasteiger partial charge on any atom is -0.337 e. The molecule has 4 aromatic rings. The molecule has 0 atom stereocenters. The van der Waals surface area contributed by atoms with E-state index in [9.17, 15) is 4.79 Å². The molecule has 0 radical (unpaired) electrons. The van der Waals surface area contributed by atoms with Gasteiger partial charge in [0.05, 0.1) is 5.52 Å². The van der Waals surface area contributed by atoms with Gasteiger partial charge in [-0.1, -0.05) is 36.4 Å². The molecule has 34 heavy (non-hydrogen) atoms. The average molecular weight is 448 g/mol. The summed E-state index contributed by atoms with van der Waals surface area (Å²) in [5.74, 6) is 6.45. The number of benzene rings is 2. The van der Waals surface area contributed by atoms with Gasteiger partial charge in [-0.25, -0.2) is 4.98 Å². The first kappa shape index (κ1) is 20.6. The fourth-order valence-electron chi connectivity index (χ4n) is 5.11. The Morgan fingerprint density at radius 3 is 2.68 bits per heavy atom. The Morgan fingerprint density at radius 1 is 1.00 bits per heavy atom. The Labute approximate surface area is 198 Å². The van der Waals surface area contributed by atoms with Crippen LogP contribution in [0.5, 0.6) is 0 Å². The van der Waals surface area contributed by atoms with Crippen LogP contribution >= 0.6 is 0 Å². The molecule has 2 fully saturated rings. The average Bonchev–Trinajstić information content (AvgIpc) is 3.29. The Kier molecular flexibility index (Phi) is 5.12. The lowest BCUT2D eigenvalue weighted by molar-refractivity contribution is -0.00721. The van der Waals surface area contributed by atoms with Gasteiger partial charge in [-0.2, -0.15) is 5.10 Å². The highest BCUT2D eigenvalue weighted by Gasteiger charge is 2.45. The predicted molar refractivity (Wildman–Crippen MR) is 132 cm³/mol. The standard InChI is InChI=1S/C28H25N5O/c34-27(33-18-28(19-33)13-5-14-29-17-28)21-9-10-25-23(16-21)26(32-31-25)12-11-24-22(8-4-15-30-24)20-6-2-1-3-7-20/h1-4,6-10,15-16,29H,5,13-14,17-19H2,(H,31,32). The van der Waals surface area contributed by atoms with E-state index in [2.05, 4.69) is 32.3 Å². The number of amides is 1. The highest BCUT2D eigenvalue weighted by Crippen LogP contribution is 2.37. The van der Waals surface area contributed by atoms with Gasteiger partial charge < -0.3 is 10.2 Å². The van der Waals surface area contributed by atoms with E-state index < -0.39 is 0 Å². The molecule has 0 aliphatic carbocycles. The van der Waals surface area contributed by atoms with Gasteiger partial charge in [-0.15, -0.1) is 0 Å². The van der Waals surface area contributed by atoms with Crippen molar-refractivity contribution in [2.45, 2.75) is 12.8 Å². The second-order valence-corrected chi connectivity index (χ2v) is 9.29. The number of aromatic amines is 1. The summed E-state index contributed by atoms with van der Waals surface area (Å²) in [6, 6.07) is 19.7. The Balaban J connectivity index is 1.27. The van der Waals surface area contributed by atoms with E-state index in [1.165, 1.54) is 12.8 Å². The van der Waals surface area contributed by atoms with E-state index in [1.54, 1.807) is 6.20 Å². The number of fused-ring (bicyclic) bond motifs is 1. The van der Waals surface area contributed by atoms with Crippen LogP contribution in [0.25, 0.3) is 22.0 Å². The Morgan fingerprint density at radius 2 is 1.85 bits per heavy atom. The van der Waals surface area contributed by atoms with Gasteiger partial charge in [0.15, 0.2) is 0 Å². The maximum Gasteiger partial charge on any atom is 0.253 e. The summed E-state index contributed by atoms with van der Waals surface area (Å²) < 4.78 is 0. The third-order valence-electron chi connectivity index (χ3n) is 6.90. The molecule has 4 heterocycles. The van der Waals surface area contributed by atoms with E-state index in [4.69, 9.17) is 0 Å². The first-order valence-corrected chi connectivity index (χ1v) is 11.7. The lowest BCUT2D eigenvalue weighted by atomic mass is 9.74. The molecule has 2 aromatic carbocycles. The zero-order valence-corrected chi connectivity index (χ0v) is 18.8. The van der Waals surface area contributed by atoms with E-state index in [-0.39, 0.29) is 11.3 Å². The molecule has 0 saturated carbocycles. The van der Waals surface area contributed by atoms with Crippen LogP contribution in [0.4, 0.5) is 0 Å². The number of aromatic nitrogens is 3. The zero-order chi connectivity index (χ0) is 23.0. The molecule has 6 heteroatoms. The second kappa shape index (κ2) is 8.44. The molecule has 2 N–H and O–H groups in total. The van der Waals surface area contributed by atoms with Crippen molar-refractivity contribution in [3.8, 4) is 23.0 Å². The molecule has 1 spiro atoms. The van der Waals surface area contributed by atoms with Gasteiger partial charge in [0.2, 0.25) is 0 Å². The molecule has 2 saturated heterocycles. The third kappa shape index (κ3) is 3.74. The van der Waals surface area contributed by atoms with E-state index in [0.717, 1.165) is 48.2 Å². The number of pyridine rings is 1. The molecule has 2 aromatic heterocycles. The Hall–Kier alpha value is -3.95. The lowest BCUT2D eigenvalue weighted by Gasteiger charge is -2.52. The number of carbonyl (C=O) groups excluding carboxylic acids is 1. The minimum absolute atomic E-state index is 0.0781. The topological polar surface area (TPSA) is 73.9 Å². The molecule has 0 bridgehead atoms. The van der Waals surface area contributed by atoms with Crippen molar-refractivity contribution in [1.82, 2.24) is 25.4 Å². The van der Waals surface area contributed by atoms with E-state index in [1.807, 2.05) is 65.6 Å². The fourth-order valence-corrected chi connectivity index (χ4v) is 5.11. The predicted octanol–water partition coefficient (Wildman–Crippen LogP) is 3.85. The molecule has 1 amide bonds. The van der Waals surface area contributed by atoms with Crippen LogP contribution in [0.15, 0.2) is 66.9 Å². The van der Waals surface area contributed by atoms with Crippen LogP contribution in [0, 0.1) is 17.3 Å². The molecule has 2 aliphatic rings. The number of piperidine rings is 1. The van der Waals surface area contributed by atoms with Gasteiger partial charge in [0.25, 0.3) is 5.91 Å². The molecule has 6 rings (SSSR count). The van der Waals surface area contributed by atoms with Crippen LogP contribution in [0.3, 0.4) is 0 Å². The van der Waals surface area contributed by atoms with Crippen LogP contribution in [-0.2, 0) is 0 Å². The normalized spacial score (nSPS) is 16.6. The highest BCUT2D eigenvalue weighted by atomic mass is 16.2. The van der Waals surface area contributed by atoms with E-state index >= 15 is 0 Å². The van der Waals surface area contributed by atoms with Crippen molar-refractivity contribution in [3.63, 3.8) is 0 Å². The van der Waals surface area contributed by atoms with Crippen molar-refractivity contribution >= 4 is 16.8 Å². The molecule has 6 nitrogen and oxygen atoms in total. The molecule has 0 unspecified atom stereocenters. The molecule has 2 aliphatic heterocycles. The number of rotatable bonds is 2. The minimum atomic E-state index is 0.0781. The fraction of sp³-hybridized carbons (Fsp3) is 0.250. The Bertz CT molecular complexity index is 1420. The molecule has 168 valence electrons. The lowest BCUT2D eigenvalue weighted by Crippen LogP contribution is -2.63. The zero-order valence-electron chi connectivity index (χ0n) is 18.8. The summed E-state index contributed by atoms with van der Waals surface area (Å²) in [7, 11) is 0. The number of nitrogens with zero attached hydrogens (tertiary/aromatic N) is 3. The van der Waals surface area contributed by atoms with Crippen molar-refractivity contribution in [3.05, 3.63) is 83.8 Å². The quantitative estimate of drug-likeness (QED) is 0.458. The largest absolute Gasteiger partial charge is 0.337 e. The second-order valence-electron chi connectivity index (χ2n) is 9.29. The maximum atomic E-state index is 13.1.